The van der Waals surface area contributed by atoms with Crippen molar-refractivity contribution in [3.63, 3.8) is 0 Å². The molecule has 11 aromatic carbocycles. The Labute approximate surface area is 535 Å². The van der Waals surface area contributed by atoms with Gasteiger partial charge in [-0.1, -0.05) is 268 Å². The second-order valence-corrected chi connectivity index (χ2v) is 30.6. The molecule has 4 heteroatoms. The molecule has 0 N–H and O–H groups in total. The number of anilines is 6. The van der Waals surface area contributed by atoms with Crippen molar-refractivity contribution in [1.29, 1.82) is 0 Å². The van der Waals surface area contributed by atoms with E-state index in [1.54, 1.807) is 0 Å². The van der Waals surface area contributed by atoms with Gasteiger partial charge in [0.15, 0.2) is 0 Å². The number of hydrogen-bond donors (Lipinski definition) is 0. The van der Waals surface area contributed by atoms with E-state index in [1.165, 1.54) is 100 Å². The van der Waals surface area contributed by atoms with E-state index in [0.717, 1.165) is 55.8 Å². The summed E-state index contributed by atoms with van der Waals surface area (Å²) in [6, 6.07) is 88.3. The second-order valence-electron chi connectivity index (χ2n) is 30.6. The van der Waals surface area contributed by atoms with Crippen molar-refractivity contribution in [2.24, 2.45) is 0 Å². The molecule has 0 saturated carbocycles. The van der Waals surface area contributed by atoms with Gasteiger partial charge in [0, 0.05) is 61.3 Å². The average Bonchev–Trinajstić information content (AvgIpc) is 0.784. The molecule has 14 rings (SSSR count). The lowest BCUT2D eigenvalue weighted by Gasteiger charge is -2.46. The van der Waals surface area contributed by atoms with Gasteiger partial charge in [-0.2, -0.15) is 0 Å². The lowest BCUT2D eigenvalue weighted by molar-refractivity contribution is 0.573. The summed E-state index contributed by atoms with van der Waals surface area (Å²) in [6.45, 7) is 35.1. The van der Waals surface area contributed by atoms with Crippen LogP contribution in [0.5, 0.6) is 0 Å². The molecule has 0 radical (unpaired) electrons. The zero-order valence-electron chi connectivity index (χ0n) is 55.3. The van der Waals surface area contributed by atoms with Crippen LogP contribution >= 0.6 is 0 Å². The fraction of sp³-hybridized carbons (Fsp3) is 0.233. The van der Waals surface area contributed by atoms with Gasteiger partial charge in [-0.25, -0.2) is 0 Å². The summed E-state index contributed by atoms with van der Waals surface area (Å²) in [5, 5.41) is 2.24. The molecule has 0 aliphatic carbocycles. The zero-order chi connectivity index (χ0) is 63.0. The van der Waals surface area contributed by atoms with E-state index in [4.69, 9.17) is 4.42 Å². The fourth-order valence-electron chi connectivity index (χ4n) is 14.1. The van der Waals surface area contributed by atoms with Crippen LogP contribution in [0.2, 0.25) is 0 Å². The third-order valence-corrected chi connectivity index (χ3v) is 19.2. The Balaban J connectivity index is 1.23. The fourth-order valence-corrected chi connectivity index (χ4v) is 14.1. The van der Waals surface area contributed by atoms with Crippen molar-refractivity contribution in [3.05, 3.63) is 258 Å². The zero-order valence-corrected chi connectivity index (χ0v) is 55.3. The van der Waals surface area contributed by atoms with Gasteiger partial charge in [0.2, 0.25) is 0 Å². The van der Waals surface area contributed by atoms with Gasteiger partial charge in [0.25, 0.3) is 6.71 Å². The van der Waals surface area contributed by atoms with Gasteiger partial charge in [0.1, 0.15) is 11.2 Å². The molecular weight excluding hydrogens is 1090 g/mol. The molecule has 0 unspecified atom stereocenters. The standard InChI is InChI=1S/C86H83BN2O/c1-82(2,3)60-40-42-71-73(52-60)88(79-65(54-30-20-16-21-31-54)48-62(84(7,8)9)49-66(79)55-32-22-17-23-33-55)75-46-59(58-44-69-64-38-28-29-39-77(64)90-81(69)70(45-58)86(13,14)15)47-76-78(75)87(71)72-43-41-61(83(4,5)6)53-74(72)89(76)80-67(56-34-24-18-25-35-56)50-63(85(10,11)12)51-68(80)57-36-26-19-27-37-57/h16-53H,1-15H3. The van der Waals surface area contributed by atoms with Gasteiger partial charge in [-0.05, 0) is 166 Å². The Hall–Kier alpha value is -9.12. The van der Waals surface area contributed by atoms with Gasteiger partial charge in [-0.3, -0.25) is 0 Å². The normalized spacial score (nSPS) is 13.4. The van der Waals surface area contributed by atoms with Crippen molar-refractivity contribution in [2.45, 2.75) is 131 Å². The first-order chi connectivity index (χ1) is 42.8. The first kappa shape index (κ1) is 58.6. The Bertz CT molecular complexity index is 4410. The number of para-hydroxylation sites is 1. The van der Waals surface area contributed by atoms with Crippen LogP contribution in [0.25, 0.3) is 77.6 Å². The van der Waals surface area contributed by atoms with Gasteiger partial charge >= 0.3 is 0 Å². The Morgan fingerprint density at radius 3 is 1.01 bits per heavy atom. The van der Waals surface area contributed by atoms with Crippen LogP contribution in [-0.4, -0.2) is 6.71 Å². The molecule has 3 heterocycles. The minimum atomic E-state index is -0.258. The van der Waals surface area contributed by atoms with Gasteiger partial charge in [0.05, 0.1) is 11.4 Å². The molecule has 3 nitrogen and oxygen atoms in total. The molecule has 12 aromatic rings. The third kappa shape index (κ3) is 10.1. The molecule has 446 valence electrons. The highest BCUT2D eigenvalue weighted by molar-refractivity contribution is 7.00. The predicted octanol–water partition coefficient (Wildman–Crippen LogP) is 22.5. The molecule has 0 atom stereocenters. The molecular formula is C86H83BN2O. The lowest BCUT2D eigenvalue weighted by Crippen LogP contribution is -2.61. The highest BCUT2D eigenvalue weighted by Crippen LogP contribution is 2.56. The molecule has 2 aliphatic heterocycles. The smallest absolute Gasteiger partial charge is 0.252 e. The molecule has 0 fully saturated rings. The maximum Gasteiger partial charge on any atom is 0.252 e. The number of hydrogen-bond acceptors (Lipinski definition) is 3. The minimum absolute atomic E-state index is 0.154. The van der Waals surface area contributed by atoms with Crippen LogP contribution in [0, 0.1) is 0 Å². The van der Waals surface area contributed by atoms with Crippen molar-refractivity contribution in [3.8, 4) is 55.6 Å². The summed E-state index contributed by atoms with van der Waals surface area (Å²) in [5.74, 6) is 0. The monoisotopic (exact) mass is 1170 g/mol. The predicted molar refractivity (Wildman–Crippen MR) is 388 cm³/mol. The summed E-state index contributed by atoms with van der Waals surface area (Å²) >= 11 is 0. The molecule has 90 heavy (non-hydrogen) atoms. The molecule has 0 bridgehead atoms. The van der Waals surface area contributed by atoms with Crippen LogP contribution < -0.4 is 26.2 Å². The van der Waals surface area contributed by atoms with Crippen LogP contribution in [-0.2, 0) is 27.1 Å². The van der Waals surface area contributed by atoms with Crippen molar-refractivity contribution in [1.82, 2.24) is 0 Å². The summed E-state index contributed by atoms with van der Waals surface area (Å²) in [4.78, 5) is 5.45. The quantitative estimate of drug-likeness (QED) is 0.148. The van der Waals surface area contributed by atoms with E-state index in [1.807, 2.05) is 0 Å². The molecule has 1 aromatic heterocycles. The second kappa shape index (κ2) is 21.3. The number of fused-ring (bicyclic) bond motifs is 7. The summed E-state index contributed by atoms with van der Waals surface area (Å²) in [6.07, 6.45) is 0. The minimum Gasteiger partial charge on any atom is -0.456 e. The lowest BCUT2D eigenvalue weighted by atomic mass is 9.33. The molecule has 0 spiro atoms. The van der Waals surface area contributed by atoms with Gasteiger partial charge in [-0.15, -0.1) is 0 Å². The van der Waals surface area contributed by atoms with Crippen molar-refractivity contribution >= 4 is 79.2 Å². The van der Waals surface area contributed by atoms with Crippen LogP contribution in [0.4, 0.5) is 34.1 Å². The molecule has 0 saturated heterocycles. The summed E-state index contributed by atoms with van der Waals surface area (Å²) < 4.78 is 6.94. The highest BCUT2D eigenvalue weighted by atomic mass is 16.3. The summed E-state index contributed by atoms with van der Waals surface area (Å²) in [5.41, 5.74) is 29.8. The Kier molecular flexibility index (Phi) is 13.8. The van der Waals surface area contributed by atoms with Crippen molar-refractivity contribution in [2.75, 3.05) is 9.80 Å². The SMILES string of the molecule is CC(C)(C)c1cc(-c2ccccc2)c(N2c3cc(C(C)(C)C)ccc3B3c4ccc(C(C)(C)C)cc4N(c4c(-c5ccccc5)cc(C(C)(C)C)cc4-c4ccccc4)c4cc(-c5cc(C(C)(C)C)c6oc7ccccc7c6c5)cc2c43)c(-c2ccccc2)c1. The maximum atomic E-state index is 6.94. The largest absolute Gasteiger partial charge is 0.456 e. The van der Waals surface area contributed by atoms with E-state index < -0.39 is 0 Å². The molecule has 0 amide bonds. The number of nitrogens with zero attached hydrogens (tertiary/aromatic N) is 2. The first-order valence-electron chi connectivity index (χ1n) is 32.4. The average molecular weight is 1170 g/mol. The number of rotatable bonds is 7. The number of furan rings is 1. The third-order valence-electron chi connectivity index (χ3n) is 19.2. The highest BCUT2D eigenvalue weighted by Gasteiger charge is 2.46. The number of benzene rings is 11. The maximum absolute atomic E-state index is 6.94. The van der Waals surface area contributed by atoms with E-state index in [9.17, 15) is 0 Å². The Morgan fingerprint density at radius 2 is 0.644 bits per heavy atom. The van der Waals surface area contributed by atoms with Crippen molar-refractivity contribution < 1.29 is 4.42 Å². The first-order valence-corrected chi connectivity index (χ1v) is 32.4. The molecule has 2 aliphatic rings. The topological polar surface area (TPSA) is 19.6 Å². The van der Waals surface area contributed by atoms with Crippen LogP contribution in [0.15, 0.2) is 235 Å². The Morgan fingerprint density at radius 1 is 0.289 bits per heavy atom. The van der Waals surface area contributed by atoms with E-state index in [0.29, 0.717) is 0 Å². The van der Waals surface area contributed by atoms with Crippen LogP contribution in [0.3, 0.4) is 0 Å². The van der Waals surface area contributed by atoms with Crippen LogP contribution in [0.1, 0.15) is 132 Å². The van der Waals surface area contributed by atoms with E-state index >= 15 is 0 Å². The van der Waals surface area contributed by atoms with E-state index in [2.05, 4.69) is 344 Å². The van der Waals surface area contributed by atoms with Gasteiger partial charge < -0.3 is 14.2 Å². The van der Waals surface area contributed by atoms with E-state index in [-0.39, 0.29) is 33.8 Å². The summed E-state index contributed by atoms with van der Waals surface area (Å²) in [7, 11) is 0.